The summed E-state index contributed by atoms with van der Waals surface area (Å²) < 4.78 is 5.79. The van der Waals surface area contributed by atoms with E-state index in [0.29, 0.717) is 30.0 Å². The Morgan fingerprint density at radius 1 is 0.929 bits per heavy atom. The molecular formula is C23H21NO3S. The summed E-state index contributed by atoms with van der Waals surface area (Å²) in [6, 6.07) is 18.6. The number of nitrogens with zero attached hydrogens (tertiary/aromatic N) is 1. The number of hydrogen-bond acceptors (Lipinski definition) is 4. The third kappa shape index (κ3) is 4.15. The molecule has 1 aliphatic rings. The van der Waals surface area contributed by atoms with Gasteiger partial charge in [0.05, 0.1) is 5.56 Å². The van der Waals surface area contributed by atoms with E-state index in [1.807, 2.05) is 59.3 Å². The van der Waals surface area contributed by atoms with Crippen LogP contribution in [-0.2, 0) is 0 Å². The van der Waals surface area contributed by atoms with E-state index in [1.165, 1.54) is 11.3 Å². The third-order valence-corrected chi connectivity index (χ3v) is 5.65. The van der Waals surface area contributed by atoms with Crippen molar-refractivity contribution >= 4 is 23.0 Å². The van der Waals surface area contributed by atoms with Gasteiger partial charge in [-0.2, -0.15) is 11.3 Å². The maximum Gasteiger partial charge on any atom is 0.254 e. The minimum Gasteiger partial charge on any atom is -0.457 e. The van der Waals surface area contributed by atoms with Crippen molar-refractivity contribution < 1.29 is 14.3 Å². The van der Waals surface area contributed by atoms with Crippen LogP contribution in [0.1, 0.15) is 33.6 Å². The second-order valence-corrected chi connectivity index (χ2v) is 7.69. The van der Waals surface area contributed by atoms with Crippen molar-refractivity contribution in [2.75, 3.05) is 13.1 Å². The fraction of sp³-hybridized carbons (Fsp3) is 0.217. The first-order valence-corrected chi connectivity index (χ1v) is 10.3. The van der Waals surface area contributed by atoms with Gasteiger partial charge < -0.3 is 9.64 Å². The zero-order chi connectivity index (χ0) is 19.3. The molecule has 1 amide bonds. The average Bonchev–Trinajstić information content (AvgIpc) is 3.29. The Hall–Kier alpha value is -2.92. The lowest BCUT2D eigenvalue weighted by molar-refractivity contribution is 0.0637. The van der Waals surface area contributed by atoms with Gasteiger partial charge >= 0.3 is 0 Å². The molecule has 1 saturated heterocycles. The fourth-order valence-electron chi connectivity index (χ4n) is 3.49. The van der Waals surface area contributed by atoms with Gasteiger partial charge in [0.2, 0.25) is 0 Å². The van der Waals surface area contributed by atoms with E-state index >= 15 is 0 Å². The molecule has 28 heavy (non-hydrogen) atoms. The molecule has 0 bridgehead atoms. The van der Waals surface area contributed by atoms with Crippen LogP contribution in [0.4, 0.5) is 0 Å². The maximum absolute atomic E-state index is 12.9. The van der Waals surface area contributed by atoms with Crippen molar-refractivity contribution in [3.63, 3.8) is 0 Å². The van der Waals surface area contributed by atoms with Crippen molar-refractivity contribution in [3.8, 4) is 11.5 Å². The molecular weight excluding hydrogens is 370 g/mol. The van der Waals surface area contributed by atoms with Crippen molar-refractivity contribution in [1.82, 2.24) is 4.90 Å². The number of carbonyl (C=O) groups is 2. The number of ketones is 1. The van der Waals surface area contributed by atoms with Gasteiger partial charge in [0.15, 0.2) is 5.78 Å². The van der Waals surface area contributed by atoms with Crippen LogP contribution in [0.3, 0.4) is 0 Å². The first kappa shape index (κ1) is 18.4. The van der Waals surface area contributed by atoms with Crippen LogP contribution in [0.25, 0.3) is 0 Å². The summed E-state index contributed by atoms with van der Waals surface area (Å²) in [5.74, 6) is 1.41. The number of amides is 1. The van der Waals surface area contributed by atoms with E-state index in [4.69, 9.17) is 4.74 Å². The molecule has 0 saturated carbocycles. The standard InChI is InChI=1S/C23H21NO3S/c25-22(17-8-10-21(11-9-17)27-20-6-2-1-3-7-20)18-5-4-13-24(15-18)23(26)19-12-14-28-16-19/h1-3,6-12,14,16,18H,4-5,13,15H2. The van der Waals surface area contributed by atoms with Gasteiger partial charge in [-0.25, -0.2) is 0 Å². The molecule has 1 fully saturated rings. The van der Waals surface area contributed by atoms with Crippen LogP contribution in [0.5, 0.6) is 11.5 Å². The molecule has 1 aliphatic heterocycles. The smallest absolute Gasteiger partial charge is 0.254 e. The largest absolute Gasteiger partial charge is 0.457 e. The topological polar surface area (TPSA) is 46.6 Å². The van der Waals surface area contributed by atoms with Crippen LogP contribution in [-0.4, -0.2) is 29.7 Å². The lowest BCUT2D eigenvalue weighted by Crippen LogP contribution is -2.42. The van der Waals surface area contributed by atoms with Crippen molar-refractivity contribution in [1.29, 1.82) is 0 Å². The summed E-state index contributed by atoms with van der Waals surface area (Å²) in [5.41, 5.74) is 1.37. The Morgan fingerprint density at radius 2 is 1.68 bits per heavy atom. The van der Waals surface area contributed by atoms with Gasteiger partial charge in [0.1, 0.15) is 11.5 Å². The van der Waals surface area contributed by atoms with E-state index in [9.17, 15) is 9.59 Å². The molecule has 2 heterocycles. The molecule has 5 heteroatoms. The monoisotopic (exact) mass is 391 g/mol. The van der Waals surface area contributed by atoms with Crippen LogP contribution in [0.15, 0.2) is 71.4 Å². The van der Waals surface area contributed by atoms with Crippen LogP contribution < -0.4 is 4.74 Å². The summed E-state index contributed by atoms with van der Waals surface area (Å²) in [6.45, 7) is 1.19. The molecule has 4 rings (SSSR count). The highest BCUT2D eigenvalue weighted by molar-refractivity contribution is 7.08. The SMILES string of the molecule is O=C(c1ccc(Oc2ccccc2)cc1)C1CCCN(C(=O)c2ccsc2)C1. The molecule has 1 atom stereocenters. The highest BCUT2D eigenvalue weighted by Crippen LogP contribution is 2.25. The van der Waals surface area contributed by atoms with Gasteiger partial charge in [-0.1, -0.05) is 18.2 Å². The van der Waals surface area contributed by atoms with E-state index in [1.54, 1.807) is 17.0 Å². The second kappa shape index (κ2) is 8.40. The predicted octanol–water partition coefficient (Wildman–Crippen LogP) is 5.28. The normalized spacial score (nSPS) is 16.6. The van der Waals surface area contributed by atoms with Crippen molar-refractivity contribution in [2.24, 2.45) is 5.92 Å². The van der Waals surface area contributed by atoms with E-state index in [2.05, 4.69) is 0 Å². The summed E-state index contributed by atoms with van der Waals surface area (Å²) in [4.78, 5) is 27.3. The van der Waals surface area contributed by atoms with Crippen LogP contribution in [0, 0.1) is 5.92 Å². The van der Waals surface area contributed by atoms with E-state index < -0.39 is 0 Å². The molecule has 1 unspecified atom stereocenters. The molecule has 0 spiro atoms. The van der Waals surface area contributed by atoms with Crippen LogP contribution in [0.2, 0.25) is 0 Å². The molecule has 1 aromatic heterocycles. The number of benzene rings is 2. The molecule has 0 N–H and O–H groups in total. The Kier molecular flexibility index (Phi) is 5.53. The van der Waals surface area contributed by atoms with Crippen molar-refractivity contribution in [3.05, 3.63) is 82.6 Å². The van der Waals surface area contributed by atoms with E-state index in [-0.39, 0.29) is 17.6 Å². The second-order valence-electron chi connectivity index (χ2n) is 6.91. The number of carbonyl (C=O) groups excluding carboxylic acids is 2. The lowest BCUT2D eigenvalue weighted by Gasteiger charge is -2.32. The highest BCUT2D eigenvalue weighted by atomic mass is 32.1. The Labute approximate surface area is 168 Å². The number of ether oxygens (including phenoxy) is 1. The number of para-hydroxylation sites is 1. The number of thiophene rings is 1. The summed E-state index contributed by atoms with van der Waals surface area (Å²) in [7, 11) is 0. The minimum absolute atomic E-state index is 0.0189. The minimum atomic E-state index is -0.155. The molecule has 142 valence electrons. The molecule has 0 aliphatic carbocycles. The number of piperidine rings is 1. The molecule has 0 radical (unpaired) electrons. The maximum atomic E-state index is 12.9. The van der Waals surface area contributed by atoms with Gasteiger partial charge in [-0.15, -0.1) is 0 Å². The number of rotatable bonds is 5. The molecule has 4 nitrogen and oxygen atoms in total. The Bertz CT molecular complexity index is 936. The Morgan fingerprint density at radius 3 is 2.39 bits per heavy atom. The zero-order valence-corrected chi connectivity index (χ0v) is 16.2. The number of likely N-dealkylation sites (tertiary alicyclic amines) is 1. The van der Waals surface area contributed by atoms with Gasteiger partial charge in [-0.3, -0.25) is 9.59 Å². The van der Waals surface area contributed by atoms with Crippen molar-refractivity contribution in [2.45, 2.75) is 12.8 Å². The van der Waals surface area contributed by atoms with Gasteiger partial charge in [-0.05, 0) is 60.7 Å². The summed E-state index contributed by atoms with van der Waals surface area (Å²) in [6.07, 6.45) is 1.66. The van der Waals surface area contributed by atoms with Gasteiger partial charge in [0.25, 0.3) is 5.91 Å². The fourth-order valence-corrected chi connectivity index (χ4v) is 4.12. The quantitative estimate of drug-likeness (QED) is 0.556. The first-order valence-electron chi connectivity index (χ1n) is 9.39. The zero-order valence-electron chi connectivity index (χ0n) is 15.4. The third-order valence-electron chi connectivity index (χ3n) is 4.97. The lowest BCUT2D eigenvalue weighted by atomic mass is 9.89. The van der Waals surface area contributed by atoms with Gasteiger partial charge in [0, 0.05) is 30.0 Å². The van der Waals surface area contributed by atoms with E-state index in [0.717, 1.165) is 18.6 Å². The molecule has 3 aromatic rings. The van der Waals surface area contributed by atoms with Crippen LogP contribution >= 0.6 is 11.3 Å². The number of hydrogen-bond donors (Lipinski definition) is 0. The predicted molar refractivity (Wildman–Crippen MR) is 110 cm³/mol. The molecule has 2 aromatic carbocycles. The number of Topliss-reactive ketones (excluding diaryl/α,β-unsaturated/α-hetero) is 1. The highest BCUT2D eigenvalue weighted by Gasteiger charge is 2.29. The first-order chi connectivity index (χ1) is 13.7. The Balaban J connectivity index is 1.41. The summed E-state index contributed by atoms with van der Waals surface area (Å²) in [5, 5.41) is 3.76. The summed E-state index contributed by atoms with van der Waals surface area (Å²) >= 11 is 1.51. The average molecular weight is 391 g/mol.